The number of rotatable bonds is 2. The summed E-state index contributed by atoms with van der Waals surface area (Å²) >= 11 is 0. The summed E-state index contributed by atoms with van der Waals surface area (Å²) < 4.78 is 37.6. The van der Waals surface area contributed by atoms with E-state index in [1.54, 1.807) is 0 Å². The third-order valence-corrected chi connectivity index (χ3v) is 2.14. The summed E-state index contributed by atoms with van der Waals surface area (Å²) in [5.41, 5.74) is 3.11. The van der Waals surface area contributed by atoms with Crippen molar-refractivity contribution in [2.45, 2.75) is 13.1 Å². The van der Waals surface area contributed by atoms with Crippen LogP contribution < -0.4 is 5.73 Å². The third-order valence-electron chi connectivity index (χ3n) is 2.14. The van der Waals surface area contributed by atoms with E-state index in [4.69, 9.17) is 5.73 Å². The first-order valence-corrected chi connectivity index (χ1v) is 4.24. The Morgan fingerprint density at radius 1 is 1.38 bits per heavy atom. The van der Waals surface area contributed by atoms with Gasteiger partial charge in [0.15, 0.2) is 0 Å². The first-order chi connectivity index (χ1) is 7.27. The second-order valence-electron chi connectivity index (χ2n) is 3.22. The van der Waals surface area contributed by atoms with Crippen molar-refractivity contribution in [3.05, 3.63) is 34.4 Å². The number of halogens is 3. The molecular weight excluding hydrogens is 223 g/mol. The molecule has 0 aliphatic rings. The number of primary amides is 1. The first kappa shape index (κ1) is 12.2. The molecule has 0 spiro atoms. The van der Waals surface area contributed by atoms with Gasteiger partial charge in [0.2, 0.25) is 5.91 Å². The molecule has 3 nitrogen and oxygen atoms in total. The van der Waals surface area contributed by atoms with Gasteiger partial charge in [-0.1, -0.05) is 0 Å². The maximum Gasteiger partial charge on any atom is 0.416 e. The lowest BCUT2D eigenvalue weighted by Gasteiger charge is -2.13. The van der Waals surface area contributed by atoms with Gasteiger partial charge in [0.05, 0.1) is 5.56 Å². The Morgan fingerprint density at radius 3 is 2.31 bits per heavy atom. The van der Waals surface area contributed by atoms with E-state index in [1.165, 1.54) is 0 Å². The molecule has 6 heteroatoms. The number of aldehydes is 1. The van der Waals surface area contributed by atoms with Crippen LogP contribution >= 0.6 is 0 Å². The lowest BCUT2D eigenvalue weighted by molar-refractivity contribution is -0.138. The zero-order valence-corrected chi connectivity index (χ0v) is 8.26. The summed E-state index contributed by atoms with van der Waals surface area (Å²) in [5, 5.41) is 0. The molecule has 0 aliphatic heterocycles. The molecule has 0 radical (unpaired) electrons. The topological polar surface area (TPSA) is 60.2 Å². The normalized spacial score (nSPS) is 11.2. The number of amides is 1. The van der Waals surface area contributed by atoms with Crippen LogP contribution in [-0.4, -0.2) is 12.2 Å². The van der Waals surface area contributed by atoms with Crippen LogP contribution in [-0.2, 0) is 6.18 Å². The number of hydrogen-bond donors (Lipinski definition) is 1. The van der Waals surface area contributed by atoms with Crippen LogP contribution in [0.3, 0.4) is 0 Å². The van der Waals surface area contributed by atoms with E-state index in [1.807, 2.05) is 0 Å². The van der Waals surface area contributed by atoms with Crippen molar-refractivity contribution >= 4 is 12.2 Å². The number of carbonyl (C=O) groups excluding carboxylic acids is 2. The molecule has 0 fully saturated rings. The van der Waals surface area contributed by atoms with Crippen molar-refractivity contribution < 1.29 is 22.8 Å². The minimum absolute atomic E-state index is 0.230. The molecule has 86 valence electrons. The smallest absolute Gasteiger partial charge is 0.366 e. The molecule has 2 N–H and O–H groups in total. The second-order valence-corrected chi connectivity index (χ2v) is 3.22. The lowest BCUT2D eigenvalue weighted by atomic mass is 9.98. The fourth-order valence-corrected chi connectivity index (χ4v) is 1.35. The molecule has 0 unspecified atom stereocenters. The number of alkyl halides is 3. The van der Waals surface area contributed by atoms with Crippen molar-refractivity contribution in [1.29, 1.82) is 0 Å². The number of nitrogens with two attached hydrogens (primary N) is 1. The maximum atomic E-state index is 12.5. The molecule has 0 saturated carbocycles. The van der Waals surface area contributed by atoms with E-state index >= 15 is 0 Å². The molecule has 16 heavy (non-hydrogen) atoms. The van der Waals surface area contributed by atoms with Crippen molar-refractivity contribution in [1.82, 2.24) is 0 Å². The Kier molecular flexibility index (Phi) is 3.02. The Balaban J connectivity index is 3.56. The van der Waals surface area contributed by atoms with Gasteiger partial charge in [-0.3, -0.25) is 9.59 Å². The minimum atomic E-state index is -4.62. The highest BCUT2D eigenvalue weighted by molar-refractivity contribution is 5.96. The molecule has 1 aromatic rings. The van der Waals surface area contributed by atoms with E-state index in [0.717, 1.165) is 13.0 Å². The standard InChI is InChI=1S/C10H8F3NO2/c1-5-7(9(14)16)2-6(4-15)3-8(5)10(11,12)13/h2-4H,1H3,(H2,14,16). The quantitative estimate of drug-likeness (QED) is 0.790. The largest absolute Gasteiger partial charge is 0.416 e. The van der Waals surface area contributed by atoms with Gasteiger partial charge in [0.25, 0.3) is 0 Å². The fraction of sp³-hybridized carbons (Fsp3) is 0.200. The van der Waals surface area contributed by atoms with Crippen LogP contribution in [0.5, 0.6) is 0 Å². The van der Waals surface area contributed by atoms with Crippen LogP contribution in [0.1, 0.15) is 31.8 Å². The summed E-state index contributed by atoms with van der Waals surface area (Å²) in [6.45, 7) is 1.14. The van der Waals surface area contributed by atoms with Crippen LogP contribution in [0.15, 0.2) is 12.1 Å². The molecule has 0 aromatic heterocycles. The summed E-state index contributed by atoms with van der Waals surface area (Å²) in [7, 11) is 0. The van der Waals surface area contributed by atoms with E-state index < -0.39 is 17.6 Å². The summed E-state index contributed by atoms with van der Waals surface area (Å²) in [6, 6.07) is 1.73. The average Bonchev–Trinajstić information content (AvgIpc) is 2.15. The van der Waals surface area contributed by atoms with Gasteiger partial charge < -0.3 is 5.73 Å². The molecule has 1 amide bonds. The molecular formula is C10H8F3NO2. The van der Waals surface area contributed by atoms with Crippen LogP contribution in [0.25, 0.3) is 0 Å². The van der Waals surface area contributed by atoms with Gasteiger partial charge in [0.1, 0.15) is 6.29 Å². The maximum absolute atomic E-state index is 12.5. The number of carbonyl (C=O) groups is 2. The molecule has 0 bridgehead atoms. The SMILES string of the molecule is Cc1c(C(N)=O)cc(C=O)cc1C(F)(F)F. The zero-order valence-electron chi connectivity index (χ0n) is 8.26. The van der Waals surface area contributed by atoms with Gasteiger partial charge in [-0.15, -0.1) is 0 Å². The predicted molar refractivity (Wildman–Crippen MR) is 50.1 cm³/mol. The molecule has 0 aliphatic carbocycles. The Labute approximate surface area is 89.1 Å². The predicted octanol–water partition coefficient (Wildman–Crippen LogP) is 1.93. The highest BCUT2D eigenvalue weighted by Gasteiger charge is 2.34. The molecule has 0 atom stereocenters. The first-order valence-electron chi connectivity index (χ1n) is 4.24. The van der Waals surface area contributed by atoms with E-state index in [9.17, 15) is 22.8 Å². The van der Waals surface area contributed by atoms with Crippen LogP contribution in [0, 0.1) is 6.92 Å². The monoisotopic (exact) mass is 231 g/mol. The summed E-state index contributed by atoms with van der Waals surface area (Å²) in [6.07, 6.45) is -4.38. The van der Waals surface area contributed by atoms with Crippen LogP contribution in [0.2, 0.25) is 0 Å². The van der Waals surface area contributed by atoms with Gasteiger partial charge >= 0.3 is 6.18 Å². The Morgan fingerprint density at radius 2 is 1.94 bits per heavy atom. The third kappa shape index (κ3) is 2.21. The highest BCUT2D eigenvalue weighted by atomic mass is 19.4. The van der Waals surface area contributed by atoms with Crippen LogP contribution in [0.4, 0.5) is 13.2 Å². The van der Waals surface area contributed by atoms with Crippen molar-refractivity contribution in [3.63, 3.8) is 0 Å². The summed E-state index contributed by atoms with van der Waals surface area (Å²) in [5.74, 6) is -0.994. The average molecular weight is 231 g/mol. The van der Waals surface area contributed by atoms with E-state index in [-0.39, 0.29) is 23.0 Å². The highest BCUT2D eigenvalue weighted by Crippen LogP contribution is 2.33. The molecule has 0 heterocycles. The molecule has 0 saturated heterocycles. The minimum Gasteiger partial charge on any atom is -0.366 e. The van der Waals surface area contributed by atoms with Gasteiger partial charge in [-0.2, -0.15) is 13.2 Å². The van der Waals surface area contributed by atoms with Crippen molar-refractivity contribution in [3.8, 4) is 0 Å². The Bertz CT molecular complexity index is 452. The molecule has 1 rings (SSSR count). The van der Waals surface area contributed by atoms with E-state index in [2.05, 4.69) is 0 Å². The lowest BCUT2D eigenvalue weighted by Crippen LogP contribution is -2.17. The second kappa shape index (κ2) is 3.96. The van der Waals surface area contributed by atoms with E-state index in [0.29, 0.717) is 6.07 Å². The number of hydrogen-bond acceptors (Lipinski definition) is 2. The van der Waals surface area contributed by atoms with Crippen molar-refractivity contribution in [2.75, 3.05) is 0 Å². The van der Waals surface area contributed by atoms with Gasteiger partial charge in [0, 0.05) is 11.1 Å². The molecule has 1 aromatic carbocycles. The summed E-state index contributed by atoms with van der Waals surface area (Å²) in [4.78, 5) is 21.4. The van der Waals surface area contributed by atoms with Gasteiger partial charge in [-0.05, 0) is 24.6 Å². The van der Waals surface area contributed by atoms with Gasteiger partial charge in [-0.25, -0.2) is 0 Å². The Hall–Kier alpha value is -1.85. The zero-order chi connectivity index (χ0) is 12.5. The number of benzene rings is 1. The fourth-order valence-electron chi connectivity index (χ4n) is 1.35. The van der Waals surface area contributed by atoms with Crippen molar-refractivity contribution in [2.24, 2.45) is 5.73 Å².